The fourth-order valence-electron chi connectivity index (χ4n) is 6.12. The fraction of sp³-hybridized carbons (Fsp3) is 0.195. The molecule has 1 unspecified atom stereocenters. The lowest BCUT2D eigenvalue weighted by molar-refractivity contribution is 0.0697. The minimum absolute atomic E-state index is 0.0887. The van der Waals surface area contributed by atoms with Gasteiger partial charge < -0.3 is 15.0 Å². The summed E-state index contributed by atoms with van der Waals surface area (Å²) in [6, 6.07) is 31.8. The Morgan fingerprint density at radius 3 is 2.36 bits per heavy atom. The molecule has 1 atom stereocenters. The van der Waals surface area contributed by atoms with Gasteiger partial charge in [-0.3, -0.25) is 14.6 Å². The Kier molecular flexibility index (Phi) is 10.8. The van der Waals surface area contributed by atoms with Gasteiger partial charge in [0, 0.05) is 48.3 Å². The number of aromatic carboxylic acids is 1. The largest absolute Gasteiger partial charge is 0.478 e. The molecule has 2 heterocycles. The van der Waals surface area contributed by atoms with Crippen molar-refractivity contribution in [2.45, 2.75) is 45.7 Å². The van der Waals surface area contributed by atoms with Crippen molar-refractivity contribution in [3.63, 3.8) is 0 Å². The van der Waals surface area contributed by atoms with Crippen LogP contribution in [0.15, 0.2) is 116 Å². The number of carboxylic acid groups (broad SMARTS) is 1. The highest BCUT2D eigenvalue weighted by Crippen LogP contribution is 2.27. The van der Waals surface area contributed by atoms with E-state index in [9.17, 15) is 19.5 Å². The maximum Gasteiger partial charge on any atom is 0.336 e. The van der Waals surface area contributed by atoms with Crippen LogP contribution in [-0.2, 0) is 19.4 Å². The first-order chi connectivity index (χ1) is 24.3. The molecule has 0 radical (unpaired) electrons. The number of fused-ring (bicyclic) bond motifs is 1. The van der Waals surface area contributed by atoms with Crippen LogP contribution in [0.3, 0.4) is 0 Å². The molecule has 0 aliphatic rings. The number of carbonyl (C=O) groups is 3. The molecule has 252 valence electrons. The smallest absolute Gasteiger partial charge is 0.336 e. The number of carboxylic acids is 1. The Balaban J connectivity index is 1.27. The monoisotopic (exact) mass is 682 g/mol. The number of imidazole rings is 1. The molecule has 1 amide bonds. The summed E-state index contributed by atoms with van der Waals surface area (Å²) in [6.07, 6.45) is 5.46. The molecular formula is C41H38N4O4S. The molecule has 0 bridgehead atoms. The first kappa shape index (κ1) is 34.3. The van der Waals surface area contributed by atoms with Crippen molar-refractivity contribution in [3.05, 3.63) is 155 Å². The molecule has 2 N–H and O–H groups in total. The van der Waals surface area contributed by atoms with Crippen molar-refractivity contribution in [1.29, 1.82) is 0 Å². The normalized spacial score (nSPS) is 11.7. The summed E-state index contributed by atoms with van der Waals surface area (Å²) in [7, 11) is 0. The average molecular weight is 683 g/mol. The van der Waals surface area contributed by atoms with Gasteiger partial charge in [0.2, 0.25) is 5.12 Å². The molecule has 2 aromatic heterocycles. The third-order valence-corrected chi connectivity index (χ3v) is 9.66. The highest BCUT2D eigenvalue weighted by Gasteiger charge is 2.21. The number of nitrogens with zero attached hydrogens (tertiary/aromatic N) is 3. The van der Waals surface area contributed by atoms with Gasteiger partial charge in [0.1, 0.15) is 5.82 Å². The molecule has 4 aromatic carbocycles. The van der Waals surface area contributed by atoms with Crippen molar-refractivity contribution in [3.8, 4) is 11.1 Å². The van der Waals surface area contributed by atoms with Gasteiger partial charge in [-0.1, -0.05) is 91.5 Å². The summed E-state index contributed by atoms with van der Waals surface area (Å²) in [5, 5.41) is 12.8. The molecule has 9 heteroatoms. The van der Waals surface area contributed by atoms with Crippen LogP contribution in [0.1, 0.15) is 66.9 Å². The summed E-state index contributed by atoms with van der Waals surface area (Å²) in [6.45, 7) is 4.64. The van der Waals surface area contributed by atoms with E-state index in [1.54, 1.807) is 36.7 Å². The number of amides is 1. The molecule has 0 saturated carbocycles. The zero-order chi connectivity index (χ0) is 35.0. The van der Waals surface area contributed by atoms with Gasteiger partial charge in [-0.15, -0.1) is 0 Å². The average Bonchev–Trinajstić information content (AvgIpc) is 3.48. The van der Waals surface area contributed by atoms with Crippen molar-refractivity contribution in [1.82, 2.24) is 19.9 Å². The molecule has 0 spiro atoms. The predicted molar refractivity (Wildman–Crippen MR) is 199 cm³/mol. The van der Waals surface area contributed by atoms with Gasteiger partial charge in [0.05, 0.1) is 16.6 Å². The minimum Gasteiger partial charge on any atom is -0.478 e. The van der Waals surface area contributed by atoms with Crippen LogP contribution in [0, 0.1) is 6.92 Å². The predicted octanol–water partition coefficient (Wildman–Crippen LogP) is 8.02. The van der Waals surface area contributed by atoms with Crippen LogP contribution in [0.25, 0.3) is 22.2 Å². The number of rotatable bonds is 13. The Hall–Kier alpha value is -5.54. The zero-order valence-corrected chi connectivity index (χ0v) is 28.8. The maximum atomic E-state index is 13.9. The summed E-state index contributed by atoms with van der Waals surface area (Å²) in [5.74, 6) is 0.172. The van der Waals surface area contributed by atoms with Crippen LogP contribution >= 0.6 is 11.8 Å². The summed E-state index contributed by atoms with van der Waals surface area (Å²) in [5.41, 5.74) is 7.56. The molecule has 6 rings (SSSR count). The zero-order valence-electron chi connectivity index (χ0n) is 28.0. The van der Waals surface area contributed by atoms with E-state index in [2.05, 4.69) is 21.8 Å². The Labute approximate surface area is 295 Å². The molecule has 0 fully saturated rings. The minimum atomic E-state index is -0.961. The summed E-state index contributed by atoms with van der Waals surface area (Å²) >= 11 is 1.18. The van der Waals surface area contributed by atoms with E-state index >= 15 is 0 Å². The fourth-order valence-corrected chi connectivity index (χ4v) is 6.96. The Bertz CT molecular complexity index is 2130. The number of carbonyl (C=O) groups excluding carboxylic acids is 2. The molecule has 8 nitrogen and oxygen atoms in total. The van der Waals surface area contributed by atoms with Gasteiger partial charge in [-0.25, -0.2) is 9.78 Å². The van der Waals surface area contributed by atoms with E-state index in [0.717, 1.165) is 52.0 Å². The van der Waals surface area contributed by atoms with Crippen molar-refractivity contribution in [2.24, 2.45) is 0 Å². The Morgan fingerprint density at radius 1 is 0.880 bits per heavy atom. The molecular weight excluding hydrogens is 645 g/mol. The third kappa shape index (κ3) is 8.01. The first-order valence-corrected chi connectivity index (χ1v) is 17.6. The number of nitrogens with one attached hydrogen (secondary N) is 1. The van der Waals surface area contributed by atoms with Crippen molar-refractivity contribution in [2.75, 3.05) is 5.75 Å². The van der Waals surface area contributed by atoms with E-state index < -0.39 is 5.97 Å². The number of thioether (sulfide) groups is 1. The highest BCUT2D eigenvalue weighted by atomic mass is 32.2. The number of hydrogen-bond donors (Lipinski definition) is 2. The van der Waals surface area contributed by atoms with Gasteiger partial charge in [0.25, 0.3) is 5.91 Å². The van der Waals surface area contributed by atoms with E-state index in [1.165, 1.54) is 11.8 Å². The number of aromatic nitrogens is 3. The quantitative estimate of drug-likeness (QED) is 0.127. The van der Waals surface area contributed by atoms with Crippen LogP contribution in [0.4, 0.5) is 0 Å². The SMILES string of the molecule is CCCc1nc2c(C)cc(C(=O)NC(CSC(=O)c3cccnc3)Cc3ccccc3)cc2n1Cc1ccc(-c2ccccc2C(=O)O)cc1. The lowest BCUT2D eigenvalue weighted by atomic mass is 9.98. The third-order valence-electron chi connectivity index (χ3n) is 8.60. The van der Waals surface area contributed by atoms with E-state index in [-0.39, 0.29) is 22.6 Å². The highest BCUT2D eigenvalue weighted by molar-refractivity contribution is 8.14. The summed E-state index contributed by atoms with van der Waals surface area (Å²) < 4.78 is 2.17. The molecule has 6 aromatic rings. The van der Waals surface area contributed by atoms with Crippen molar-refractivity contribution >= 4 is 39.8 Å². The van der Waals surface area contributed by atoms with Crippen LogP contribution in [0.5, 0.6) is 0 Å². The molecule has 0 aliphatic carbocycles. The van der Waals surface area contributed by atoms with Gasteiger partial charge in [0.15, 0.2) is 0 Å². The molecule has 0 saturated heterocycles. The topological polar surface area (TPSA) is 114 Å². The van der Waals surface area contributed by atoms with Crippen LogP contribution in [-0.4, -0.2) is 48.4 Å². The number of pyridine rings is 1. The van der Waals surface area contributed by atoms with E-state index in [1.807, 2.05) is 85.8 Å². The van der Waals surface area contributed by atoms with Gasteiger partial charge >= 0.3 is 5.97 Å². The van der Waals surface area contributed by atoms with E-state index in [0.29, 0.717) is 35.4 Å². The molecule has 50 heavy (non-hydrogen) atoms. The van der Waals surface area contributed by atoms with Crippen molar-refractivity contribution < 1.29 is 19.5 Å². The lowest BCUT2D eigenvalue weighted by Gasteiger charge is -2.19. The standard InChI is InChI=1S/C41H38N4O4S/c1-3-10-37-44-38-27(2)21-32(23-36(38)45(37)25-29-16-18-30(19-17-29)34-14-7-8-15-35(34)40(47)48)39(46)43-33(22-28-11-5-4-6-12-28)26-50-41(49)31-13-9-20-42-24-31/h4-9,11-21,23-24,33H,3,10,22,25-26H2,1-2H3,(H,43,46)(H,47,48). The summed E-state index contributed by atoms with van der Waals surface area (Å²) in [4.78, 5) is 47.7. The lowest BCUT2D eigenvalue weighted by Crippen LogP contribution is -2.38. The maximum absolute atomic E-state index is 13.9. The molecule has 0 aliphatic heterocycles. The number of hydrogen-bond acceptors (Lipinski definition) is 6. The number of aryl methyl sites for hydroxylation is 2. The second-order valence-electron chi connectivity index (χ2n) is 12.3. The van der Waals surface area contributed by atoms with Gasteiger partial charge in [-0.2, -0.15) is 0 Å². The van der Waals surface area contributed by atoms with Crippen LogP contribution in [0.2, 0.25) is 0 Å². The second-order valence-corrected chi connectivity index (χ2v) is 13.3. The van der Waals surface area contributed by atoms with Crippen LogP contribution < -0.4 is 5.32 Å². The number of benzene rings is 4. The second kappa shape index (κ2) is 15.8. The Morgan fingerprint density at radius 2 is 1.64 bits per heavy atom. The van der Waals surface area contributed by atoms with Gasteiger partial charge in [-0.05, 0) is 77.9 Å². The van der Waals surface area contributed by atoms with E-state index in [4.69, 9.17) is 4.98 Å². The first-order valence-electron chi connectivity index (χ1n) is 16.6.